The van der Waals surface area contributed by atoms with Gasteiger partial charge < -0.3 is 19.2 Å². The molecule has 0 bridgehead atoms. The number of urea groups is 1. The molecule has 0 saturated carbocycles. The highest BCUT2D eigenvalue weighted by atomic mass is 35.5. The van der Waals surface area contributed by atoms with E-state index in [1.807, 2.05) is 48.5 Å². The van der Waals surface area contributed by atoms with Gasteiger partial charge in [-0.15, -0.1) is 0 Å². The number of carbonyl (C=O) groups excluding carboxylic acids is 3. The van der Waals surface area contributed by atoms with Gasteiger partial charge >= 0.3 is 12.0 Å². The molecule has 1 aromatic heterocycles. The highest BCUT2D eigenvalue weighted by Gasteiger charge is 2.34. The van der Waals surface area contributed by atoms with Gasteiger partial charge in [0.15, 0.2) is 0 Å². The van der Waals surface area contributed by atoms with Crippen molar-refractivity contribution in [2.24, 2.45) is 0 Å². The average molecular weight is 517 g/mol. The van der Waals surface area contributed by atoms with Crippen LogP contribution in [0.15, 0.2) is 82.9 Å². The van der Waals surface area contributed by atoms with Crippen LogP contribution >= 0.6 is 11.6 Å². The van der Waals surface area contributed by atoms with Gasteiger partial charge in [0, 0.05) is 10.6 Å². The van der Waals surface area contributed by atoms with Crippen molar-refractivity contribution in [3.05, 3.63) is 106 Å². The Morgan fingerprint density at radius 1 is 1.03 bits per heavy atom. The molecule has 37 heavy (non-hydrogen) atoms. The lowest BCUT2D eigenvalue weighted by Crippen LogP contribution is -2.30. The number of imide groups is 1. The first-order valence-electron chi connectivity index (χ1n) is 11.3. The van der Waals surface area contributed by atoms with Gasteiger partial charge in [0.1, 0.15) is 23.8 Å². The standard InChI is InChI=1S/C28H21ClN2O6/c1-35-27(33)25-13-11-20(37-25)15-31-26(32)23(30-28(31)34)14-22-21-5-3-2-4-18(21)8-12-24(22)36-16-17-6-9-19(29)10-7-17/h2-14H,15-16H2,1H3,(H,30,34)/b23-14-. The summed E-state index contributed by atoms with van der Waals surface area (Å²) in [4.78, 5) is 38.5. The van der Waals surface area contributed by atoms with Crippen LogP contribution in [0.5, 0.6) is 5.75 Å². The highest BCUT2D eigenvalue weighted by Crippen LogP contribution is 2.32. The minimum absolute atomic E-state index is 0.0152. The first-order chi connectivity index (χ1) is 17.9. The summed E-state index contributed by atoms with van der Waals surface area (Å²) >= 11 is 5.98. The Kier molecular flexibility index (Phi) is 6.66. The lowest BCUT2D eigenvalue weighted by atomic mass is 10.0. The number of hydrogen-bond donors (Lipinski definition) is 1. The normalized spacial score (nSPS) is 14.3. The van der Waals surface area contributed by atoms with E-state index in [2.05, 4.69) is 10.1 Å². The fraction of sp³-hybridized carbons (Fsp3) is 0.107. The summed E-state index contributed by atoms with van der Waals surface area (Å²) in [7, 11) is 1.24. The quantitative estimate of drug-likeness (QED) is 0.197. The van der Waals surface area contributed by atoms with E-state index in [1.165, 1.54) is 19.2 Å². The number of benzene rings is 3. The molecule has 1 aliphatic rings. The topological polar surface area (TPSA) is 98.1 Å². The minimum atomic E-state index is -0.647. The summed E-state index contributed by atoms with van der Waals surface area (Å²) in [5.74, 6) is -0.375. The Morgan fingerprint density at radius 3 is 2.59 bits per heavy atom. The molecule has 1 N–H and O–H groups in total. The number of ether oxygens (including phenoxy) is 2. The molecule has 0 unspecified atom stereocenters. The number of hydrogen-bond acceptors (Lipinski definition) is 6. The molecule has 0 radical (unpaired) electrons. The molecular weight excluding hydrogens is 496 g/mol. The number of carbonyl (C=O) groups is 3. The van der Waals surface area contributed by atoms with Gasteiger partial charge in [-0.05, 0) is 52.7 Å². The number of amides is 3. The van der Waals surface area contributed by atoms with Crippen molar-refractivity contribution < 1.29 is 28.3 Å². The zero-order valence-electron chi connectivity index (χ0n) is 19.7. The van der Waals surface area contributed by atoms with E-state index in [9.17, 15) is 14.4 Å². The molecule has 186 valence electrons. The van der Waals surface area contributed by atoms with Crippen LogP contribution in [0.1, 0.15) is 27.4 Å². The number of methoxy groups -OCH3 is 1. The predicted octanol–water partition coefficient (Wildman–Crippen LogP) is 5.54. The first kappa shape index (κ1) is 24.1. The Morgan fingerprint density at radius 2 is 1.81 bits per heavy atom. The first-order valence-corrected chi connectivity index (χ1v) is 11.7. The van der Waals surface area contributed by atoms with Crippen LogP contribution in [0.4, 0.5) is 4.79 Å². The van der Waals surface area contributed by atoms with Crippen molar-refractivity contribution in [2.75, 3.05) is 7.11 Å². The summed E-state index contributed by atoms with van der Waals surface area (Å²) in [5.41, 5.74) is 1.68. The largest absolute Gasteiger partial charge is 0.488 e. The van der Waals surface area contributed by atoms with Crippen LogP contribution in [-0.2, 0) is 22.7 Å². The van der Waals surface area contributed by atoms with Crippen LogP contribution in [0.2, 0.25) is 5.02 Å². The number of esters is 1. The van der Waals surface area contributed by atoms with E-state index >= 15 is 0 Å². The molecule has 9 heteroatoms. The van der Waals surface area contributed by atoms with Crippen LogP contribution in [-0.4, -0.2) is 29.9 Å². The molecule has 5 rings (SSSR count). The zero-order valence-corrected chi connectivity index (χ0v) is 20.5. The summed E-state index contributed by atoms with van der Waals surface area (Å²) in [5, 5.41) is 5.08. The molecule has 8 nitrogen and oxygen atoms in total. The maximum Gasteiger partial charge on any atom is 0.373 e. The van der Waals surface area contributed by atoms with Gasteiger partial charge in [-0.25, -0.2) is 9.59 Å². The predicted molar refractivity (Wildman–Crippen MR) is 137 cm³/mol. The Bertz CT molecular complexity index is 1540. The number of fused-ring (bicyclic) bond motifs is 1. The summed E-state index contributed by atoms with van der Waals surface area (Å²) in [6, 6.07) is 21.1. The van der Waals surface area contributed by atoms with Gasteiger partial charge in [0.25, 0.3) is 5.91 Å². The second kappa shape index (κ2) is 10.2. The summed E-state index contributed by atoms with van der Waals surface area (Å²) in [6.07, 6.45) is 1.61. The van der Waals surface area contributed by atoms with E-state index in [-0.39, 0.29) is 23.8 Å². The van der Waals surface area contributed by atoms with Crippen molar-refractivity contribution in [3.63, 3.8) is 0 Å². The molecule has 0 atom stereocenters. The van der Waals surface area contributed by atoms with E-state index < -0.39 is 17.9 Å². The van der Waals surface area contributed by atoms with E-state index in [4.69, 9.17) is 20.8 Å². The summed E-state index contributed by atoms with van der Waals surface area (Å²) < 4.78 is 16.2. The molecule has 1 fully saturated rings. The van der Waals surface area contributed by atoms with Crippen LogP contribution in [0.3, 0.4) is 0 Å². The van der Waals surface area contributed by atoms with Gasteiger partial charge in [0.2, 0.25) is 5.76 Å². The van der Waals surface area contributed by atoms with Gasteiger partial charge in [-0.2, -0.15) is 0 Å². The molecule has 1 aliphatic heterocycles. The Labute approximate surface area is 217 Å². The fourth-order valence-electron chi connectivity index (χ4n) is 3.98. The summed E-state index contributed by atoms with van der Waals surface area (Å²) in [6.45, 7) is 0.146. The minimum Gasteiger partial charge on any atom is -0.488 e. The molecule has 2 heterocycles. The Hall–Kier alpha value is -4.56. The van der Waals surface area contributed by atoms with Gasteiger partial charge in [-0.3, -0.25) is 9.69 Å². The molecule has 0 spiro atoms. The van der Waals surface area contributed by atoms with Crippen molar-refractivity contribution in [1.82, 2.24) is 10.2 Å². The number of rotatable bonds is 7. The third-order valence-corrected chi connectivity index (χ3v) is 6.10. The van der Waals surface area contributed by atoms with Crippen molar-refractivity contribution in [1.29, 1.82) is 0 Å². The maximum absolute atomic E-state index is 13.2. The fourth-order valence-corrected chi connectivity index (χ4v) is 4.11. The molecular formula is C28H21ClN2O6. The lowest BCUT2D eigenvalue weighted by Gasteiger charge is -2.13. The maximum atomic E-state index is 13.2. The molecule has 4 aromatic rings. The third kappa shape index (κ3) is 5.05. The monoisotopic (exact) mass is 516 g/mol. The second-order valence-corrected chi connectivity index (χ2v) is 8.69. The average Bonchev–Trinajstić information content (AvgIpc) is 3.49. The molecule has 0 aliphatic carbocycles. The number of nitrogens with zero attached hydrogens (tertiary/aromatic N) is 1. The zero-order chi connectivity index (χ0) is 25.9. The highest BCUT2D eigenvalue weighted by molar-refractivity contribution is 6.30. The molecule has 3 aromatic carbocycles. The number of nitrogens with one attached hydrogen (secondary N) is 1. The van der Waals surface area contributed by atoms with Crippen LogP contribution < -0.4 is 10.1 Å². The Balaban J connectivity index is 1.44. The van der Waals surface area contributed by atoms with Crippen molar-refractivity contribution in [2.45, 2.75) is 13.2 Å². The molecule has 3 amide bonds. The van der Waals surface area contributed by atoms with E-state index in [0.29, 0.717) is 22.9 Å². The van der Waals surface area contributed by atoms with Crippen LogP contribution in [0.25, 0.3) is 16.8 Å². The van der Waals surface area contributed by atoms with Gasteiger partial charge in [-0.1, -0.05) is 54.1 Å². The van der Waals surface area contributed by atoms with E-state index in [0.717, 1.165) is 21.2 Å². The lowest BCUT2D eigenvalue weighted by molar-refractivity contribution is -0.123. The number of furan rings is 1. The third-order valence-electron chi connectivity index (χ3n) is 5.85. The smallest absolute Gasteiger partial charge is 0.373 e. The van der Waals surface area contributed by atoms with Crippen LogP contribution in [0, 0.1) is 0 Å². The van der Waals surface area contributed by atoms with Crippen molar-refractivity contribution in [3.8, 4) is 5.75 Å². The second-order valence-electron chi connectivity index (χ2n) is 8.25. The van der Waals surface area contributed by atoms with E-state index in [1.54, 1.807) is 18.2 Å². The van der Waals surface area contributed by atoms with Gasteiger partial charge in [0.05, 0.1) is 13.7 Å². The SMILES string of the molecule is COC(=O)c1ccc(CN2C(=O)N/C(=C\c3c(OCc4ccc(Cl)cc4)ccc4ccccc34)C2=O)o1. The molecule has 1 saturated heterocycles. The van der Waals surface area contributed by atoms with Crippen molar-refractivity contribution >= 4 is 46.4 Å². The number of halogens is 1.